The second kappa shape index (κ2) is 6.73. The molecule has 4 aliphatic rings. The number of ketones is 2. The second-order valence-electron chi connectivity index (χ2n) is 9.92. The van der Waals surface area contributed by atoms with Crippen LogP contribution in [0.25, 0.3) is 0 Å². The van der Waals surface area contributed by atoms with Crippen LogP contribution < -0.4 is 0 Å². The minimum absolute atomic E-state index is 0.0436. The fraction of sp³-hybridized carbons (Fsp3) is 0.826. The van der Waals surface area contributed by atoms with Gasteiger partial charge in [-0.15, -0.1) is 11.8 Å². The highest BCUT2D eigenvalue weighted by molar-refractivity contribution is 8.01. The molecule has 0 spiro atoms. The number of carbonyl (C=O) groups is 2. The molecule has 4 aliphatic carbocycles. The zero-order chi connectivity index (χ0) is 19.4. The molecule has 6 atom stereocenters. The van der Waals surface area contributed by atoms with Crippen LogP contribution in [0.4, 0.5) is 0 Å². The van der Waals surface area contributed by atoms with Crippen LogP contribution in [0.2, 0.25) is 0 Å². The van der Waals surface area contributed by atoms with Crippen molar-refractivity contribution in [3.63, 3.8) is 0 Å². The van der Waals surface area contributed by atoms with Gasteiger partial charge in [0.05, 0.1) is 11.4 Å². The molecule has 150 valence electrons. The van der Waals surface area contributed by atoms with Crippen molar-refractivity contribution in [2.75, 3.05) is 12.4 Å². The lowest BCUT2D eigenvalue weighted by atomic mass is 9.46. The highest BCUT2D eigenvalue weighted by atomic mass is 32.2. The number of thioether (sulfide) groups is 1. The predicted molar refractivity (Wildman–Crippen MR) is 110 cm³/mol. The summed E-state index contributed by atoms with van der Waals surface area (Å²) in [4.78, 5) is 24.8. The summed E-state index contributed by atoms with van der Waals surface area (Å²) >= 11 is 1.73. The van der Waals surface area contributed by atoms with Gasteiger partial charge in [0.2, 0.25) is 0 Å². The Morgan fingerprint density at radius 1 is 1.15 bits per heavy atom. The van der Waals surface area contributed by atoms with Gasteiger partial charge in [0.25, 0.3) is 0 Å². The van der Waals surface area contributed by atoms with Crippen LogP contribution in [0, 0.1) is 28.6 Å². The molecule has 0 saturated heterocycles. The predicted octanol–water partition coefficient (Wildman–Crippen LogP) is 4.57. The lowest BCUT2D eigenvalue weighted by molar-refractivity contribution is -0.125. The first-order valence-electron chi connectivity index (χ1n) is 10.8. The second-order valence-corrected chi connectivity index (χ2v) is 11.3. The maximum Gasteiger partial charge on any atom is 0.155 e. The van der Waals surface area contributed by atoms with E-state index in [2.05, 4.69) is 13.8 Å². The lowest BCUT2D eigenvalue weighted by Gasteiger charge is -2.59. The third-order valence-electron chi connectivity index (χ3n) is 9.09. The van der Waals surface area contributed by atoms with E-state index in [4.69, 9.17) is 0 Å². The number of hydrogen-bond acceptors (Lipinski definition) is 4. The summed E-state index contributed by atoms with van der Waals surface area (Å²) in [5.74, 6) is 3.23. The summed E-state index contributed by atoms with van der Waals surface area (Å²) in [7, 11) is 0. The monoisotopic (exact) mass is 390 g/mol. The van der Waals surface area contributed by atoms with E-state index < -0.39 is 0 Å². The van der Waals surface area contributed by atoms with Gasteiger partial charge in [-0.3, -0.25) is 9.59 Å². The van der Waals surface area contributed by atoms with Crippen LogP contribution in [0.15, 0.2) is 11.6 Å². The van der Waals surface area contributed by atoms with Gasteiger partial charge in [-0.1, -0.05) is 19.4 Å². The number of aliphatic hydroxyl groups is 1. The fourth-order valence-corrected chi connectivity index (χ4v) is 9.18. The Hall–Kier alpha value is -0.610. The summed E-state index contributed by atoms with van der Waals surface area (Å²) in [6, 6.07) is 0. The van der Waals surface area contributed by atoms with Crippen molar-refractivity contribution >= 4 is 23.3 Å². The highest BCUT2D eigenvalue weighted by Crippen LogP contribution is 2.70. The molecule has 3 nitrogen and oxygen atoms in total. The lowest BCUT2D eigenvalue weighted by Crippen LogP contribution is -2.56. The summed E-state index contributed by atoms with van der Waals surface area (Å²) in [5, 5.41) is 9.41. The summed E-state index contributed by atoms with van der Waals surface area (Å²) < 4.78 is -0.315. The van der Waals surface area contributed by atoms with Gasteiger partial charge >= 0.3 is 0 Å². The first-order chi connectivity index (χ1) is 12.8. The van der Waals surface area contributed by atoms with Crippen molar-refractivity contribution in [3.8, 4) is 0 Å². The number of rotatable bonds is 4. The summed E-state index contributed by atoms with van der Waals surface area (Å²) in [5.41, 5.74) is 1.65. The highest BCUT2D eigenvalue weighted by Gasteiger charge is 2.65. The fourth-order valence-electron chi connectivity index (χ4n) is 7.69. The standard InChI is InChI=1S/C23H34O3S/c1-15(25)23(27-13-12-24)11-8-20-18-5-4-16-14-17(26)6-9-21(16,2)19(18)7-10-22(20,23)3/h14,18-20,24H,4-13H2,1-3H3/t18-,19+,20+,21+,22+,23+/m1/s1. The molecule has 3 saturated carbocycles. The minimum atomic E-state index is -0.315. The van der Waals surface area contributed by atoms with Crippen LogP contribution in [-0.4, -0.2) is 33.8 Å². The van der Waals surface area contributed by atoms with E-state index in [1.54, 1.807) is 18.7 Å². The molecule has 0 radical (unpaired) electrons. The molecule has 0 heterocycles. The molecule has 0 amide bonds. The zero-order valence-electron chi connectivity index (χ0n) is 17.1. The van der Waals surface area contributed by atoms with Crippen LogP contribution in [-0.2, 0) is 9.59 Å². The molecule has 0 bridgehead atoms. The average molecular weight is 391 g/mol. The van der Waals surface area contributed by atoms with E-state index in [1.807, 2.05) is 6.08 Å². The number of aliphatic hydroxyl groups excluding tert-OH is 1. The molecule has 0 aliphatic heterocycles. The SMILES string of the molecule is CC(=O)[C@@]1(SCCO)CC[C@H]2[C@@H]3CCC4=CC(=O)CC[C@]4(C)[C@H]3CC[C@@]21C. The maximum atomic E-state index is 12.9. The molecule has 0 aromatic carbocycles. The molecule has 0 aromatic heterocycles. The molecular formula is C23H34O3S. The Kier molecular flexibility index (Phi) is 4.91. The smallest absolute Gasteiger partial charge is 0.155 e. The van der Waals surface area contributed by atoms with E-state index in [-0.39, 0.29) is 22.2 Å². The van der Waals surface area contributed by atoms with Gasteiger partial charge < -0.3 is 5.11 Å². The van der Waals surface area contributed by atoms with E-state index >= 15 is 0 Å². The Bertz CT molecular complexity index is 685. The molecule has 0 aromatic rings. The van der Waals surface area contributed by atoms with E-state index in [0.29, 0.717) is 41.5 Å². The van der Waals surface area contributed by atoms with Gasteiger partial charge in [-0.05, 0) is 86.5 Å². The third-order valence-corrected chi connectivity index (χ3v) is 10.9. The van der Waals surface area contributed by atoms with Crippen LogP contribution in [0.1, 0.15) is 72.1 Å². The normalized spacial score (nSPS) is 46.3. The molecule has 3 fully saturated rings. The van der Waals surface area contributed by atoms with Gasteiger partial charge in [0, 0.05) is 12.2 Å². The quantitative estimate of drug-likeness (QED) is 0.764. The van der Waals surface area contributed by atoms with Crippen LogP contribution >= 0.6 is 11.8 Å². The van der Waals surface area contributed by atoms with Crippen molar-refractivity contribution < 1.29 is 14.7 Å². The van der Waals surface area contributed by atoms with Crippen molar-refractivity contribution in [3.05, 3.63) is 11.6 Å². The molecule has 27 heavy (non-hydrogen) atoms. The van der Waals surface area contributed by atoms with E-state index in [0.717, 1.165) is 32.1 Å². The number of hydrogen-bond donors (Lipinski definition) is 1. The average Bonchev–Trinajstić information content (AvgIpc) is 2.94. The first kappa shape index (κ1) is 19.7. The molecule has 0 unspecified atom stereocenters. The van der Waals surface area contributed by atoms with Crippen molar-refractivity contribution in [1.29, 1.82) is 0 Å². The molecular weight excluding hydrogens is 356 g/mol. The number of allylic oxidation sites excluding steroid dienone is 1. The Labute approximate surface area is 167 Å². The number of fused-ring (bicyclic) bond motifs is 5. The Morgan fingerprint density at radius 2 is 1.89 bits per heavy atom. The van der Waals surface area contributed by atoms with Gasteiger partial charge in [0.15, 0.2) is 5.78 Å². The molecule has 4 rings (SSSR count). The Balaban J connectivity index is 1.67. The molecule has 4 heteroatoms. The zero-order valence-corrected chi connectivity index (χ0v) is 17.9. The van der Waals surface area contributed by atoms with Crippen LogP contribution in [0.5, 0.6) is 0 Å². The number of Topliss-reactive ketones (excluding diaryl/α,β-unsaturated/α-hetero) is 1. The third kappa shape index (κ3) is 2.65. The van der Waals surface area contributed by atoms with Crippen molar-refractivity contribution in [2.45, 2.75) is 76.9 Å². The first-order valence-corrected chi connectivity index (χ1v) is 11.8. The Morgan fingerprint density at radius 3 is 2.59 bits per heavy atom. The van der Waals surface area contributed by atoms with E-state index in [9.17, 15) is 14.7 Å². The topological polar surface area (TPSA) is 54.4 Å². The molecule has 1 N–H and O–H groups in total. The minimum Gasteiger partial charge on any atom is -0.396 e. The maximum absolute atomic E-state index is 12.9. The number of carbonyl (C=O) groups excluding carboxylic acids is 2. The van der Waals surface area contributed by atoms with Crippen LogP contribution in [0.3, 0.4) is 0 Å². The van der Waals surface area contributed by atoms with Crippen molar-refractivity contribution in [1.82, 2.24) is 0 Å². The van der Waals surface area contributed by atoms with Gasteiger partial charge in [0.1, 0.15) is 5.78 Å². The van der Waals surface area contributed by atoms with E-state index in [1.165, 1.54) is 18.4 Å². The van der Waals surface area contributed by atoms with Gasteiger partial charge in [-0.25, -0.2) is 0 Å². The summed E-state index contributed by atoms with van der Waals surface area (Å²) in [6.07, 6.45) is 10.3. The van der Waals surface area contributed by atoms with Gasteiger partial charge in [-0.2, -0.15) is 0 Å². The summed E-state index contributed by atoms with van der Waals surface area (Å²) in [6.45, 7) is 6.72. The largest absolute Gasteiger partial charge is 0.396 e. The van der Waals surface area contributed by atoms with Crippen molar-refractivity contribution in [2.24, 2.45) is 28.6 Å².